The average molecular weight is 208 g/mol. The van der Waals surface area contributed by atoms with E-state index in [0.717, 1.165) is 37.8 Å². The minimum absolute atomic E-state index is 0.602. The summed E-state index contributed by atoms with van der Waals surface area (Å²) < 4.78 is 5.30. The van der Waals surface area contributed by atoms with Crippen molar-refractivity contribution < 1.29 is 4.74 Å². The highest BCUT2D eigenvalue weighted by Crippen LogP contribution is 2.13. The SMILES string of the molecule is CNc1cncc(NCC2CCOC2)n1. The van der Waals surface area contributed by atoms with E-state index in [1.807, 2.05) is 7.05 Å². The molecule has 0 saturated carbocycles. The van der Waals surface area contributed by atoms with Gasteiger partial charge in [0.25, 0.3) is 0 Å². The lowest BCUT2D eigenvalue weighted by molar-refractivity contribution is 0.187. The molecule has 0 aliphatic carbocycles. The van der Waals surface area contributed by atoms with Gasteiger partial charge in [0.1, 0.15) is 11.6 Å². The van der Waals surface area contributed by atoms with E-state index in [2.05, 4.69) is 20.6 Å². The van der Waals surface area contributed by atoms with Crippen LogP contribution >= 0.6 is 0 Å². The second-order valence-electron chi connectivity index (χ2n) is 3.65. The summed E-state index contributed by atoms with van der Waals surface area (Å²) in [6.07, 6.45) is 4.56. The Kier molecular flexibility index (Phi) is 3.34. The molecule has 1 unspecified atom stereocenters. The summed E-state index contributed by atoms with van der Waals surface area (Å²) in [4.78, 5) is 8.41. The number of ether oxygens (including phenoxy) is 1. The van der Waals surface area contributed by atoms with Crippen LogP contribution in [0.1, 0.15) is 6.42 Å². The Labute approximate surface area is 89.3 Å². The quantitative estimate of drug-likeness (QED) is 0.772. The van der Waals surface area contributed by atoms with Gasteiger partial charge < -0.3 is 15.4 Å². The van der Waals surface area contributed by atoms with Crippen LogP contribution in [0, 0.1) is 5.92 Å². The Hall–Kier alpha value is -1.36. The summed E-state index contributed by atoms with van der Waals surface area (Å²) in [5, 5.41) is 6.22. The number of aromatic nitrogens is 2. The summed E-state index contributed by atoms with van der Waals surface area (Å²) in [6.45, 7) is 2.64. The summed E-state index contributed by atoms with van der Waals surface area (Å²) in [5.74, 6) is 2.20. The minimum Gasteiger partial charge on any atom is -0.381 e. The Morgan fingerprint density at radius 3 is 3.07 bits per heavy atom. The van der Waals surface area contributed by atoms with E-state index in [4.69, 9.17) is 4.74 Å². The standard InChI is InChI=1S/C10H16N4O/c1-11-9-5-12-6-10(14-9)13-4-8-2-3-15-7-8/h5-6,8H,2-4,7H2,1H3,(H2,11,13,14). The normalized spacial score (nSPS) is 20.2. The van der Waals surface area contributed by atoms with Crippen molar-refractivity contribution >= 4 is 11.6 Å². The van der Waals surface area contributed by atoms with Crippen LogP contribution in [-0.4, -0.2) is 36.8 Å². The first-order valence-corrected chi connectivity index (χ1v) is 5.20. The van der Waals surface area contributed by atoms with Gasteiger partial charge in [0, 0.05) is 26.1 Å². The van der Waals surface area contributed by atoms with Crippen LogP contribution in [0.4, 0.5) is 11.6 Å². The fraction of sp³-hybridized carbons (Fsp3) is 0.600. The van der Waals surface area contributed by atoms with Gasteiger partial charge in [0.2, 0.25) is 0 Å². The molecule has 2 N–H and O–H groups in total. The maximum atomic E-state index is 5.30. The number of rotatable bonds is 4. The highest BCUT2D eigenvalue weighted by atomic mass is 16.5. The second kappa shape index (κ2) is 4.93. The van der Waals surface area contributed by atoms with E-state index in [9.17, 15) is 0 Å². The maximum absolute atomic E-state index is 5.30. The molecule has 1 aromatic rings. The summed E-state index contributed by atoms with van der Waals surface area (Å²) in [7, 11) is 1.83. The first-order valence-electron chi connectivity index (χ1n) is 5.20. The molecule has 0 amide bonds. The molecule has 0 radical (unpaired) electrons. The van der Waals surface area contributed by atoms with Crippen LogP contribution in [0.2, 0.25) is 0 Å². The fourth-order valence-electron chi connectivity index (χ4n) is 1.56. The molecule has 1 saturated heterocycles. The molecular formula is C10H16N4O. The van der Waals surface area contributed by atoms with Crippen molar-refractivity contribution in [2.45, 2.75) is 6.42 Å². The number of hydrogen-bond acceptors (Lipinski definition) is 5. The Morgan fingerprint density at radius 2 is 2.33 bits per heavy atom. The van der Waals surface area contributed by atoms with Gasteiger partial charge in [-0.15, -0.1) is 0 Å². The maximum Gasteiger partial charge on any atom is 0.146 e. The van der Waals surface area contributed by atoms with Crippen molar-refractivity contribution in [3.63, 3.8) is 0 Å². The Balaban J connectivity index is 1.86. The van der Waals surface area contributed by atoms with Gasteiger partial charge in [-0.25, -0.2) is 4.98 Å². The molecule has 5 heteroatoms. The van der Waals surface area contributed by atoms with Crippen molar-refractivity contribution in [1.82, 2.24) is 9.97 Å². The zero-order chi connectivity index (χ0) is 10.5. The second-order valence-corrected chi connectivity index (χ2v) is 3.65. The van der Waals surface area contributed by atoms with Crippen LogP contribution in [0.25, 0.3) is 0 Å². The molecule has 1 aromatic heterocycles. The van der Waals surface area contributed by atoms with Crippen molar-refractivity contribution in [2.75, 3.05) is 37.4 Å². The molecule has 1 aliphatic rings. The fourth-order valence-corrected chi connectivity index (χ4v) is 1.56. The molecule has 0 bridgehead atoms. The lowest BCUT2D eigenvalue weighted by Crippen LogP contribution is -2.15. The number of hydrogen-bond donors (Lipinski definition) is 2. The van der Waals surface area contributed by atoms with E-state index in [1.165, 1.54) is 0 Å². The number of nitrogens with one attached hydrogen (secondary N) is 2. The highest BCUT2D eigenvalue weighted by molar-refractivity contribution is 5.40. The number of anilines is 2. The van der Waals surface area contributed by atoms with E-state index in [-0.39, 0.29) is 0 Å². The predicted molar refractivity (Wildman–Crippen MR) is 59.0 cm³/mol. The lowest BCUT2D eigenvalue weighted by Gasteiger charge is -2.10. The molecular weight excluding hydrogens is 192 g/mol. The molecule has 0 aromatic carbocycles. The first-order chi connectivity index (χ1) is 7.38. The summed E-state index contributed by atoms with van der Waals surface area (Å²) >= 11 is 0. The van der Waals surface area contributed by atoms with Crippen molar-refractivity contribution in [3.05, 3.63) is 12.4 Å². The van der Waals surface area contributed by atoms with Crippen LogP contribution in [0.5, 0.6) is 0 Å². The van der Waals surface area contributed by atoms with Crippen molar-refractivity contribution in [3.8, 4) is 0 Å². The molecule has 5 nitrogen and oxygen atoms in total. The van der Waals surface area contributed by atoms with Gasteiger partial charge in [-0.2, -0.15) is 0 Å². The van der Waals surface area contributed by atoms with Gasteiger partial charge in [0.05, 0.1) is 19.0 Å². The largest absolute Gasteiger partial charge is 0.381 e. The van der Waals surface area contributed by atoms with Crippen LogP contribution < -0.4 is 10.6 Å². The highest BCUT2D eigenvalue weighted by Gasteiger charge is 2.15. The minimum atomic E-state index is 0.602. The summed E-state index contributed by atoms with van der Waals surface area (Å²) in [6, 6.07) is 0. The Morgan fingerprint density at radius 1 is 1.47 bits per heavy atom. The monoisotopic (exact) mass is 208 g/mol. The van der Waals surface area contributed by atoms with Gasteiger partial charge in [-0.1, -0.05) is 0 Å². The van der Waals surface area contributed by atoms with E-state index in [1.54, 1.807) is 12.4 Å². The molecule has 2 heterocycles. The topological polar surface area (TPSA) is 59.1 Å². The zero-order valence-corrected chi connectivity index (χ0v) is 8.86. The third kappa shape index (κ3) is 2.79. The molecule has 1 fully saturated rings. The van der Waals surface area contributed by atoms with E-state index in [0.29, 0.717) is 5.92 Å². The van der Waals surface area contributed by atoms with Crippen molar-refractivity contribution in [2.24, 2.45) is 5.92 Å². The molecule has 1 atom stereocenters. The van der Waals surface area contributed by atoms with E-state index < -0.39 is 0 Å². The van der Waals surface area contributed by atoms with Crippen molar-refractivity contribution in [1.29, 1.82) is 0 Å². The third-order valence-corrected chi connectivity index (χ3v) is 2.49. The number of nitrogens with zero attached hydrogens (tertiary/aromatic N) is 2. The Bertz CT molecular complexity index is 312. The zero-order valence-electron chi connectivity index (χ0n) is 8.86. The average Bonchev–Trinajstić information content (AvgIpc) is 2.79. The van der Waals surface area contributed by atoms with Crippen LogP contribution in [0.3, 0.4) is 0 Å². The molecule has 82 valence electrons. The van der Waals surface area contributed by atoms with Crippen LogP contribution in [0.15, 0.2) is 12.4 Å². The van der Waals surface area contributed by atoms with E-state index >= 15 is 0 Å². The van der Waals surface area contributed by atoms with Gasteiger partial charge in [-0.3, -0.25) is 4.98 Å². The first kappa shape index (κ1) is 10.2. The molecule has 15 heavy (non-hydrogen) atoms. The van der Waals surface area contributed by atoms with Gasteiger partial charge >= 0.3 is 0 Å². The summed E-state index contributed by atoms with van der Waals surface area (Å²) in [5.41, 5.74) is 0. The third-order valence-electron chi connectivity index (χ3n) is 2.49. The smallest absolute Gasteiger partial charge is 0.146 e. The predicted octanol–water partition coefficient (Wildman–Crippen LogP) is 0.967. The molecule has 2 rings (SSSR count). The van der Waals surface area contributed by atoms with Gasteiger partial charge in [-0.05, 0) is 6.42 Å². The van der Waals surface area contributed by atoms with Crippen LogP contribution in [-0.2, 0) is 4.74 Å². The molecule has 1 aliphatic heterocycles. The lowest BCUT2D eigenvalue weighted by atomic mass is 10.1. The molecule has 0 spiro atoms. The van der Waals surface area contributed by atoms with Gasteiger partial charge in [0.15, 0.2) is 0 Å².